The highest BCUT2D eigenvalue weighted by molar-refractivity contribution is 9.10. The number of azide groups is 1. The summed E-state index contributed by atoms with van der Waals surface area (Å²) in [5.41, 5.74) is 7.79. The van der Waals surface area contributed by atoms with Crippen LogP contribution >= 0.6 is 27.5 Å². The molecule has 1 aromatic carbocycles. The van der Waals surface area contributed by atoms with Crippen LogP contribution in [0, 0.1) is 10.1 Å². The Morgan fingerprint density at radius 1 is 1.64 bits per heavy atom. The Morgan fingerprint density at radius 2 is 2.29 bits per heavy atom. The first-order chi connectivity index (χ1) is 6.56. The molecule has 6 nitrogen and oxygen atoms in total. The Morgan fingerprint density at radius 3 is 2.79 bits per heavy atom. The largest absolute Gasteiger partial charge is 0.281 e. The molecule has 0 amide bonds. The van der Waals surface area contributed by atoms with Crippen LogP contribution in [0.4, 0.5) is 11.4 Å². The lowest BCUT2D eigenvalue weighted by molar-refractivity contribution is -0.384. The minimum Gasteiger partial charge on any atom is -0.258 e. The fourth-order valence-corrected chi connectivity index (χ4v) is 1.71. The predicted molar refractivity (Wildman–Crippen MR) is 54.6 cm³/mol. The molecule has 0 aliphatic heterocycles. The third-order valence-electron chi connectivity index (χ3n) is 1.35. The number of nitrogens with zero attached hydrogens (tertiary/aromatic N) is 4. The Labute approximate surface area is 91.4 Å². The fraction of sp³-hybridized carbons (Fsp3) is 0. The molecule has 0 saturated carbocycles. The standard InChI is InChI=1S/C6H2BrClN4O2/c7-4-1-3(8)2-5(12(13)14)6(4)10-11-9/h1-2H. The summed E-state index contributed by atoms with van der Waals surface area (Å²) >= 11 is 8.61. The lowest BCUT2D eigenvalue weighted by atomic mass is 10.3. The SMILES string of the molecule is [N-]=[N+]=Nc1c(Br)cc(Cl)cc1[N+](=O)[O-]. The van der Waals surface area contributed by atoms with Crippen LogP contribution in [0.1, 0.15) is 0 Å². The van der Waals surface area contributed by atoms with Gasteiger partial charge in [-0.25, -0.2) is 0 Å². The zero-order valence-corrected chi connectivity index (χ0v) is 8.86. The average molecular weight is 277 g/mol. The van der Waals surface area contributed by atoms with Crippen molar-refractivity contribution in [1.82, 2.24) is 0 Å². The van der Waals surface area contributed by atoms with Crippen LogP contribution in [0.5, 0.6) is 0 Å². The summed E-state index contributed by atoms with van der Waals surface area (Å²) in [6.45, 7) is 0. The number of hydrogen-bond donors (Lipinski definition) is 0. The summed E-state index contributed by atoms with van der Waals surface area (Å²) in [5, 5.41) is 13.9. The van der Waals surface area contributed by atoms with Crippen LogP contribution < -0.4 is 0 Å². The van der Waals surface area contributed by atoms with Gasteiger partial charge in [-0.15, -0.1) is 0 Å². The molecule has 0 unspecified atom stereocenters. The maximum Gasteiger partial charge on any atom is 0.281 e. The molecule has 0 aliphatic rings. The number of nitro benzene ring substituents is 1. The van der Waals surface area contributed by atoms with Crippen molar-refractivity contribution in [2.24, 2.45) is 5.11 Å². The monoisotopic (exact) mass is 276 g/mol. The maximum atomic E-state index is 10.5. The maximum absolute atomic E-state index is 10.5. The molecular formula is C6H2BrClN4O2. The molecule has 1 aromatic rings. The van der Waals surface area contributed by atoms with Gasteiger partial charge < -0.3 is 0 Å². The molecule has 14 heavy (non-hydrogen) atoms. The van der Waals surface area contributed by atoms with Gasteiger partial charge >= 0.3 is 0 Å². The van der Waals surface area contributed by atoms with Gasteiger partial charge in [0.1, 0.15) is 5.69 Å². The van der Waals surface area contributed by atoms with Gasteiger partial charge in [-0.2, -0.15) is 0 Å². The Balaban J connectivity index is 3.51. The molecule has 0 spiro atoms. The Kier molecular flexibility index (Phi) is 3.29. The molecule has 0 fully saturated rings. The number of rotatable bonds is 2. The van der Waals surface area contributed by atoms with Gasteiger partial charge in [0.15, 0.2) is 0 Å². The highest BCUT2D eigenvalue weighted by atomic mass is 79.9. The lowest BCUT2D eigenvalue weighted by Gasteiger charge is -1.99. The van der Waals surface area contributed by atoms with Crippen LogP contribution in [0.15, 0.2) is 21.7 Å². The van der Waals surface area contributed by atoms with Gasteiger partial charge in [0.05, 0.1) is 4.92 Å². The van der Waals surface area contributed by atoms with E-state index in [1.807, 2.05) is 0 Å². The summed E-state index contributed by atoms with van der Waals surface area (Å²) in [7, 11) is 0. The van der Waals surface area contributed by atoms with Crippen molar-refractivity contribution in [2.45, 2.75) is 0 Å². The van der Waals surface area contributed by atoms with Gasteiger partial charge in [0, 0.05) is 20.5 Å². The Hall–Kier alpha value is -1.30. The van der Waals surface area contributed by atoms with E-state index in [1.54, 1.807) is 0 Å². The lowest BCUT2D eigenvalue weighted by Crippen LogP contribution is -1.88. The molecule has 0 aliphatic carbocycles. The first-order valence-corrected chi connectivity index (χ1v) is 4.42. The summed E-state index contributed by atoms with van der Waals surface area (Å²) in [6, 6.07) is 2.54. The van der Waals surface area contributed by atoms with Gasteiger partial charge in [0.2, 0.25) is 0 Å². The topological polar surface area (TPSA) is 91.9 Å². The van der Waals surface area contributed by atoms with E-state index in [2.05, 4.69) is 26.0 Å². The molecule has 0 N–H and O–H groups in total. The second-order valence-corrected chi connectivity index (χ2v) is 3.49. The van der Waals surface area contributed by atoms with Crippen molar-refractivity contribution in [3.8, 4) is 0 Å². The third kappa shape index (κ3) is 2.14. The average Bonchev–Trinajstić information content (AvgIpc) is 2.09. The highest BCUT2D eigenvalue weighted by Gasteiger charge is 2.16. The van der Waals surface area contributed by atoms with Gasteiger partial charge in [0.25, 0.3) is 5.69 Å². The van der Waals surface area contributed by atoms with Gasteiger partial charge in [-0.1, -0.05) is 32.6 Å². The molecule has 72 valence electrons. The highest BCUT2D eigenvalue weighted by Crippen LogP contribution is 2.37. The van der Waals surface area contributed by atoms with Crippen LogP contribution in [-0.4, -0.2) is 4.92 Å². The molecule has 0 aromatic heterocycles. The van der Waals surface area contributed by atoms with E-state index >= 15 is 0 Å². The number of halogens is 2. The summed E-state index contributed by atoms with van der Waals surface area (Å²) in [4.78, 5) is 12.4. The Bertz CT molecular complexity index is 444. The number of nitro groups is 1. The van der Waals surface area contributed by atoms with E-state index in [4.69, 9.17) is 17.1 Å². The molecular weight excluding hydrogens is 275 g/mol. The second kappa shape index (κ2) is 4.28. The molecule has 0 saturated heterocycles. The molecule has 1 rings (SSSR count). The van der Waals surface area contributed by atoms with Gasteiger partial charge in [-0.05, 0) is 11.6 Å². The van der Waals surface area contributed by atoms with Crippen molar-refractivity contribution in [3.05, 3.63) is 42.2 Å². The molecule has 0 heterocycles. The summed E-state index contributed by atoms with van der Waals surface area (Å²) < 4.78 is 0.287. The van der Waals surface area contributed by atoms with E-state index in [-0.39, 0.29) is 20.9 Å². The van der Waals surface area contributed by atoms with Crippen molar-refractivity contribution < 1.29 is 4.92 Å². The minimum absolute atomic E-state index is 0.0816. The van der Waals surface area contributed by atoms with E-state index in [0.717, 1.165) is 6.07 Å². The van der Waals surface area contributed by atoms with Crippen molar-refractivity contribution in [3.63, 3.8) is 0 Å². The zero-order valence-electron chi connectivity index (χ0n) is 6.52. The predicted octanol–water partition coefficient (Wildman–Crippen LogP) is 3.95. The first kappa shape index (κ1) is 10.8. The molecule has 8 heteroatoms. The van der Waals surface area contributed by atoms with Crippen LogP contribution in [0.2, 0.25) is 5.02 Å². The van der Waals surface area contributed by atoms with Crippen LogP contribution in [-0.2, 0) is 0 Å². The minimum atomic E-state index is -0.666. The fourth-order valence-electron chi connectivity index (χ4n) is 0.835. The first-order valence-electron chi connectivity index (χ1n) is 3.25. The third-order valence-corrected chi connectivity index (χ3v) is 2.17. The van der Waals surface area contributed by atoms with E-state index in [9.17, 15) is 10.1 Å². The molecule has 0 atom stereocenters. The summed E-state index contributed by atoms with van der Waals surface area (Å²) in [6.07, 6.45) is 0. The van der Waals surface area contributed by atoms with Crippen molar-refractivity contribution in [1.29, 1.82) is 0 Å². The molecule has 0 radical (unpaired) electrons. The zero-order chi connectivity index (χ0) is 10.7. The van der Waals surface area contributed by atoms with Crippen LogP contribution in [0.25, 0.3) is 10.4 Å². The number of hydrogen-bond acceptors (Lipinski definition) is 3. The van der Waals surface area contributed by atoms with Crippen LogP contribution in [0.3, 0.4) is 0 Å². The van der Waals surface area contributed by atoms with Crippen molar-refractivity contribution in [2.75, 3.05) is 0 Å². The smallest absolute Gasteiger partial charge is 0.258 e. The van der Waals surface area contributed by atoms with Gasteiger partial charge in [-0.3, -0.25) is 10.1 Å². The van der Waals surface area contributed by atoms with E-state index in [1.165, 1.54) is 6.07 Å². The summed E-state index contributed by atoms with van der Waals surface area (Å²) in [5.74, 6) is 0. The second-order valence-electron chi connectivity index (χ2n) is 2.20. The van der Waals surface area contributed by atoms with Crippen molar-refractivity contribution >= 4 is 38.9 Å². The van der Waals surface area contributed by atoms with E-state index < -0.39 is 4.92 Å². The quantitative estimate of drug-likeness (QED) is 0.269. The number of benzene rings is 1. The molecule has 0 bridgehead atoms. The normalized spacial score (nSPS) is 9.29. The van der Waals surface area contributed by atoms with E-state index in [0.29, 0.717) is 0 Å².